The van der Waals surface area contributed by atoms with E-state index in [1.807, 2.05) is 18.3 Å². The van der Waals surface area contributed by atoms with E-state index in [-0.39, 0.29) is 21.1 Å². The number of aryl methyl sites for hydroxylation is 1. The number of pyridine rings is 1. The fourth-order valence-electron chi connectivity index (χ4n) is 2.56. The minimum atomic E-state index is 0. The molecular formula is C14H17N4W-. The SMILES string of the molecule is Cc1cnc(C2CCN(c3c[c-]ncc3)CC2)[nH]1.[W]. The standard InChI is InChI=1S/C14H17N4.W/c1-11-10-16-14(17-11)12-4-8-18(9-5-12)13-2-6-15-7-3-13;/h2-3,6,10,12H,4-5,8-9H2,1H3,(H,16,17);/q-1;. The predicted octanol–water partition coefficient (Wildman–Crippen LogP) is 2.29. The molecule has 5 heteroatoms. The smallest absolute Gasteiger partial charge is 0.109 e. The molecule has 19 heavy (non-hydrogen) atoms. The molecule has 0 atom stereocenters. The van der Waals surface area contributed by atoms with Crippen LogP contribution in [0.5, 0.6) is 0 Å². The van der Waals surface area contributed by atoms with Crippen molar-refractivity contribution in [3.63, 3.8) is 0 Å². The van der Waals surface area contributed by atoms with Crippen LogP contribution in [0.15, 0.2) is 24.5 Å². The zero-order valence-corrected chi connectivity index (χ0v) is 13.9. The summed E-state index contributed by atoms with van der Waals surface area (Å²) in [5, 5.41) is 0. The van der Waals surface area contributed by atoms with E-state index < -0.39 is 0 Å². The molecule has 4 nitrogen and oxygen atoms in total. The Hall–Kier alpha value is -1.15. The van der Waals surface area contributed by atoms with Gasteiger partial charge in [0.05, 0.1) is 0 Å². The van der Waals surface area contributed by atoms with Gasteiger partial charge in [-0.05, 0) is 19.8 Å². The Morgan fingerprint density at radius 3 is 2.74 bits per heavy atom. The van der Waals surface area contributed by atoms with E-state index in [0.717, 1.165) is 37.4 Å². The van der Waals surface area contributed by atoms with Crippen LogP contribution < -0.4 is 4.90 Å². The topological polar surface area (TPSA) is 44.8 Å². The molecule has 0 unspecified atom stereocenters. The molecule has 0 spiro atoms. The summed E-state index contributed by atoms with van der Waals surface area (Å²) < 4.78 is 0. The summed E-state index contributed by atoms with van der Waals surface area (Å²) in [7, 11) is 0. The molecule has 1 N–H and O–H groups in total. The van der Waals surface area contributed by atoms with Gasteiger partial charge >= 0.3 is 0 Å². The molecule has 0 radical (unpaired) electrons. The number of rotatable bonds is 2. The van der Waals surface area contributed by atoms with Crippen LogP contribution >= 0.6 is 0 Å². The van der Waals surface area contributed by atoms with Crippen molar-refractivity contribution in [2.45, 2.75) is 25.7 Å². The molecule has 0 bridgehead atoms. The normalized spacial score (nSPS) is 16.2. The summed E-state index contributed by atoms with van der Waals surface area (Å²) in [6.07, 6.45) is 8.91. The quantitative estimate of drug-likeness (QED) is 0.752. The van der Waals surface area contributed by atoms with Gasteiger partial charge in [0.15, 0.2) is 0 Å². The first-order chi connectivity index (χ1) is 8.83. The molecule has 2 aromatic heterocycles. The van der Waals surface area contributed by atoms with Crippen LogP contribution in [0, 0.1) is 13.1 Å². The van der Waals surface area contributed by atoms with Gasteiger partial charge in [-0.25, -0.2) is 4.98 Å². The summed E-state index contributed by atoms with van der Waals surface area (Å²) in [4.78, 5) is 14.1. The second-order valence-electron chi connectivity index (χ2n) is 4.86. The first-order valence-corrected chi connectivity index (χ1v) is 6.41. The van der Waals surface area contributed by atoms with Crippen molar-refractivity contribution in [3.8, 4) is 0 Å². The Kier molecular flexibility index (Phi) is 4.75. The van der Waals surface area contributed by atoms with Crippen LogP contribution in [0.4, 0.5) is 5.69 Å². The Labute approximate surface area is 127 Å². The molecule has 1 saturated heterocycles. The number of hydrogen-bond donors (Lipinski definition) is 1. The third-order valence-corrected chi connectivity index (χ3v) is 3.58. The maximum Gasteiger partial charge on any atom is 0.109 e. The fourth-order valence-corrected chi connectivity index (χ4v) is 2.56. The van der Waals surface area contributed by atoms with Crippen molar-refractivity contribution < 1.29 is 21.1 Å². The summed E-state index contributed by atoms with van der Waals surface area (Å²) in [5.41, 5.74) is 2.37. The first-order valence-electron chi connectivity index (χ1n) is 6.41. The van der Waals surface area contributed by atoms with Gasteiger partial charge in [-0.3, -0.25) is 0 Å². The maximum absolute atomic E-state index is 4.45. The van der Waals surface area contributed by atoms with Gasteiger partial charge in [-0.15, -0.1) is 12.1 Å². The molecule has 1 aliphatic rings. The second kappa shape index (κ2) is 6.33. The van der Waals surface area contributed by atoms with Gasteiger partial charge < -0.3 is 14.9 Å². The molecule has 3 heterocycles. The fraction of sp³-hybridized carbons (Fsp3) is 0.429. The van der Waals surface area contributed by atoms with Crippen molar-refractivity contribution in [1.82, 2.24) is 15.0 Å². The number of nitrogens with one attached hydrogen (secondary N) is 1. The Balaban J connectivity index is 0.00000133. The Bertz CT molecular complexity index is 503. The van der Waals surface area contributed by atoms with Crippen molar-refractivity contribution in [1.29, 1.82) is 0 Å². The molecule has 0 aromatic carbocycles. The van der Waals surface area contributed by atoms with E-state index in [2.05, 4.69) is 33.0 Å². The number of nitrogens with zero attached hydrogens (tertiary/aromatic N) is 3. The van der Waals surface area contributed by atoms with Crippen molar-refractivity contribution >= 4 is 5.69 Å². The average molecular weight is 425 g/mol. The molecule has 0 amide bonds. The first kappa shape index (κ1) is 14.3. The third-order valence-electron chi connectivity index (χ3n) is 3.58. The zero-order chi connectivity index (χ0) is 12.4. The third kappa shape index (κ3) is 3.24. The number of aromatic amines is 1. The molecule has 1 aliphatic heterocycles. The molecular weight excluding hydrogens is 408 g/mol. The van der Waals surface area contributed by atoms with E-state index in [4.69, 9.17) is 0 Å². The molecule has 1 fully saturated rings. The minimum absolute atomic E-state index is 0. The van der Waals surface area contributed by atoms with Gasteiger partial charge in [-0.1, -0.05) is 18.1 Å². The van der Waals surface area contributed by atoms with Crippen molar-refractivity contribution in [3.05, 3.63) is 42.2 Å². The minimum Gasteiger partial charge on any atom is -0.423 e. The summed E-state index contributed by atoms with van der Waals surface area (Å²) in [6, 6.07) is 4.01. The summed E-state index contributed by atoms with van der Waals surface area (Å²) in [6.45, 7) is 4.20. The molecule has 0 saturated carbocycles. The molecule has 100 valence electrons. The largest absolute Gasteiger partial charge is 0.423 e. The predicted molar refractivity (Wildman–Crippen MR) is 70.6 cm³/mol. The van der Waals surface area contributed by atoms with Gasteiger partial charge in [0.2, 0.25) is 0 Å². The van der Waals surface area contributed by atoms with Gasteiger partial charge in [0, 0.05) is 52.0 Å². The van der Waals surface area contributed by atoms with E-state index in [1.165, 1.54) is 5.69 Å². The Morgan fingerprint density at radius 2 is 2.16 bits per heavy atom. The van der Waals surface area contributed by atoms with E-state index in [1.54, 1.807) is 6.20 Å². The van der Waals surface area contributed by atoms with E-state index in [9.17, 15) is 0 Å². The number of anilines is 1. The van der Waals surface area contributed by atoms with Crippen LogP contribution in [0.2, 0.25) is 0 Å². The van der Waals surface area contributed by atoms with Crippen LogP contribution in [-0.4, -0.2) is 28.0 Å². The second-order valence-corrected chi connectivity index (χ2v) is 4.86. The number of H-pyrrole nitrogens is 1. The molecule has 0 aliphatic carbocycles. The summed E-state index contributed by atoms with van der Waals surface area (Å²) in [5.74, 6) is 1.72. The summed E-state index contributed by atoms with van der Waals surface area (Å²) >= 11 is 0. The molecule has 2 aromatic rings. The number of hydrogen-bond acceptors (Lipinski definition) is 3. The van der Waals surface area contributed by atoms with Crippen LogP contribution in [-0.2, 0) is 21.1 Å². The number of imidazole rings is 1. The van der Waals surface area contributed by atoms with Crippen LogP contribution in [0.25, 0.3) is 0 Å². The Morgan fingerprint density at radius 1 is 1.37 bits per heavy atom. The van der Waals surface area contributed by atoms with Crippen LogP contribution in [0.1, 0.15) is 30.3 Å². The van der Waals surface area contributed by atoms with Crippen molar-refractivity contribution in [2.24, 2.45) is 0 Å². The van der Waals surface area contributed by atoms with Gasteiger partial charge in [0.1, 0.15) is 5.82 Å². The average Bonchev–Trinajstić information content (AvgIpc) is 2.87. The maximum atomic E-state index is 4.45. The zero-order valence-electron chi connectivity index (χ0n) is 11.0. The monoisotopic (exact) mass is 425 g/mol. The van der Waals surface area contributed by atoms with E-state index >= 15 is 0 Å². The number of piperidine rings is 1. The van der Waals surface area contributed by atoms with E-state index in [0.29, 0.717) is 5.92 Å². The molecule has 3 rings (SSSR count). The van der Waals surface area contributed by atoms with Gasteiger partial charge in [0.25, 0.3) is 0 Å². The van der Waals surface area contributed by atoms with Gasteiger partial charge in [-0.2, -0.15) is 0 Å². The van der Waals surface area contributed by atoms with Crippen molar-refractivity contribution in [2.75, 3.05) is 18.0 Å². The number of aromatic nitrogens is 3. The van der Waals surface area contributed by atoms with Crippen LogP contribution in [0.3, 0.4) is 0 Å².